The molecule has 3 nitrogen and oxygen atoms in total. The third-order valence-electron chi connectivity index (χ3n) is 5.51. The van der Waals surface area contributed by atoms with Crippen LogP contribution in [0, 0.1) is 5.41 Å². The van der Waals surface area contributed by atoms with Crippen LogP contribution in [0.5, 0.6) is 0 Å². The molecule has 0 N–H and O–H groups in total. The van der Waals surface area contributed by atoms with Crippen LogP contribution in [0.25, 0.3) is 0 Å². The van der Waals surface area contributed by atoms with E-state index < -0.39 is 0 Å². The molecule has 0 fully saturated rings. The maximum absolute atomic E-state index is 13.3. The molecule has 0 radical (unpaired) electrons. The summed E-state index contributed by atoms with van der Waals surface area (Å²) >= 11 is 12.7. The van der Waals surface area contributed by atoms with Gasteiger partial charge < -0.3 is 0 Å². The van der Waals surface area contributed by atoms with Gasteiger partial charge in [0.05, 0.1) is 10.0 Å². The summed E-state index contributed by atoms with van der Waals surface area (Å²) in [5.41, 5.74) is 2.83. The van der Waals surface area contributed by atoms with Crippen molar-refractivity contribution in [2.45, 2.75) is 39.0 Å². The highest BCUT2D eigenvalue weighted by molar-refractivity contribution is 6.42. The number of ketones is 1. The lowest BCUT2D eigenvalue weighted by molar-refractivity contribution is -0.121. The Morgan fingerprint density at radius 1 is 0.964 bits per heavy atom. The summed E-state index contributed by atoms with van der Waals surface area (Å²) in [4.78, 5) is 28.2. The van der Waals surface area contributed by atoms with E-state index in [1.54, 1.807) is 11.0 Å². The molecule has 0 saturated heterocycles. The second kappa shape index (κ2) is 7.06. The van der Waals surface area contributed by atoms with Crippen LogP contribution in [0.1, 0.15) is 44.6 Å². The van der Waals surface area contributed by atoms with Crippen LogP contribution in [-0.2, 0) is 9.59 Å². The molecule has 1 aliphatic heterocycles. The zero-order valence-corrected chi connectivity index (χ0v) is 17.3. The smallest absolute Gasteiger partial charge is 0.232 e. The lowest BCUT2D eigenvalue weighted by atomic mass is 9.69. The van der Waals surface area contributed by atoms with Crippen LogP contribution in [0.3, 0.4) is 0 Å². The van der Waals surface area contributed by atoms with E-state index >= 15 is 0 Å². The molecule has 0 unspecified atom stereocenters. The van der Waals surface area contributed by atoms with E-state index in [0.29, 0.717) is 28.5 Å². The molecule has 144 valence electrons. The van der Waals surface area contributed by atoms with Crippen LogP contribution >= 0.6 is 23.2 Å². The maximum atomic E-state index is 13.3. The molecule has 2 aromatic rings. The number of rotatable bonds is 2. The number of carbonyl (C=O) groups is 2. The normalized spacial score (nSPS) is 21.7. The van der Waals surface area contributed by atoms with Crippen molar-refractivity contribution in [3.8, 4) is 0 Å². The second-order valence-corrected chi connectivity index (χ2v) is 9.05. The summed E-state index contributed by atoms with van der Waals surface area (Å²) in [5.74, 6) is -0.311. The Morgan fingerprint density at radius 3 is 2.39 bits per heavy atom. The Labute approximate surface area is 174 Å². The van der Waals surface area contributed by atoms with Crippen molar-refractivity contribution in [1.82, 2.24) is 0 Å². The van der Waals surface area contributed by atoms with Crippen LogP contribution in [-0.4, -0.2) is 11.7 Å². The average Bonchev–Trinajstić information content (AvgIpc) is 2.63. The highest BCUT2D eigenvalue weighted by Crippen LogP contribution is 2.49. The molecule has 1 amide bonds. The van der Waals surface area contributed by atoms with E-state index in [2.05, 4.69) is 13.8 Å². The number of halogens is 2. The highest BCUT2D eigenvalue weighted by atomic mass is 35.5. The fourth-order valence-electron chi connectivity index (χ4n) is 4.35. The number of para-hydroxylation sites is 1. The van der Waals surface area contributed by atoms with Crippen molar-refractivity contribution in [3.05, 3.63) is 75.4 Å². The van der Waals surface area contributed by atoms with Crippen LogP contribution < -0.4 is 4.90 Å². The number of hydrogen-bond donors (Lipinski definition) is 0. The standard InChI is InChI=1S/C23H21Cl2NO2/c1-23(2)12-18-21(19(27)13-23)16(15-9-6-10-17(24)22(15)25)11-20(28)26(18)14-7-4-3-5-8-14/h3-10,16H,11-13H2,1-2H3/t16-/m0/s1. The minimum Gasteiger partial charge on any atom is -0.294 e. The lowest BCUT2D eigenvalue weighted by Crippen LogP contribution is -2.43. The number of carbonyl (C=O) groups excluding carboxylic acids is 2. The number of allylic oxidation sites excluding steroid dienone is 2. The van der Waals surface area contributed by atoms with Crippen molar-refractivity contribution < 1.29 is 9.59 Å². The van der Waals surface area contributed by atoms with Gasteiger partial charge in [-0.3, -0.25) is 14.5 Å². The fourth-order valence-corrected chi connectivity index (χ4v) is 4.79. The highest BCUT2D eigenvalue weighted by Gasteiger charge is 2.44. The number of nitrogens with zero attached hydrogens (tertiary/aromatic N) is 1. The first-order valence-corrected chi connectivity index (χ1v) is 10.1. The minimum atomic E-state index is -0.364. The Hall–Kier alpha value is -2.10. The summed E-state index contributed by atoms with van der Waals surface area (Å²) in [7, 11) is 0. The summed E-state index contributed by atoms with van der Waals surface area (Å²) in [6.07, 6.45) is 1.31. The zero-order valence-electron chi connectivity index (χ0n) is 15.8. The predicted octanol–water partition coefficient (Wildman–Crippen LogP) is 6.16. The number of hydrogen-bond acceptors (Lipinski definition) is 2. The van der Waals surface area contributed by atoms with Gasteiger partial charge >= 0.3 is 0 Å². The number of Topliss-reactive ketones (excluding diaryl/α,β-unsaturated/α-hetero) is 1. The Kier molecular flexibility index (Phi) is 4.84. The monoisotopic (exact) mass is 413 g/mol. The number of amides is 1. The molecule has 2 aliphatic rings. The molecule has 28 heavy (non-hydrogen) atoms. The Morgan fingerprint density at radius 2 is 1.68 bits per heavy atom. The molecule has 4 rings (SSSR count). The van der Waals surface area contributed by atoms with E-state index in [-0.39, 0.29) is 29.4 Å². The van der Waals surface area contributed by atoms with Crippen molar-refractivity contribution in [1.29, 1.82) is 0 Å². The van der Waals surface area contributed by atoms with Gasteiger partial charge in [0.25, 0.3) is 0 Å². The van der Waals surface area contributed by atoms with Gasteiger partial charge in [0.2, 0.25) is 5.91 Å². The van der Waals surface area contributed by atoms with Crippen molar-refractivity contribution in [2.24, 2.45) is 5.41 Å². The second-order valence-electron chi connectivity index (χ2n) is 8.27. The van der Waals surface area contributed by atoms with Crippen molar-refractivity contribution >= 4 is 40.6 Å². The zero-order chi connectivity index (χ0) is 20.1. The fraction of sp³-hybridized carbons (Fsp3) is 0.304. The van der Waals surface area contributed by atoms with Crippen molar-refractivity contribution in [2.75, 3.05) is 4.90 Å². The van der Waals surface area contributed by atoms with E-state index in [1.165, 1.54) is 0 Å². The molecule has 0 saturated carbocycles. The van der Waals surface area contributed by atoms with E-state index in [9.17, 15) is 9.59 Å². The van der Waals surface area contributed by atoms with Gasteiger partial charge in [0.1, 0.15) is 0 Å². The van der Waals surface area contributed by atoms with Gasteiger partial charge in [0, 0.05) is 35.7 Å². The molecule has 0 bridgehead atoms. The lowest BCUT2D eigenvalue weighted by Gasteiger charge is -2.43. The summed E-state index contributed by atoms with van der Waals surface area (Å²) in [6, 6.07) is 14.9. The summed E-state index contributed by atoms with van der Waals surface area (Å²) < 4.78 is 0. The Balaban J connectivity index is 1.93. The molecular formula is C23H21Cl2NO2. The molecule has 1 aliphatic carbocycles. The van der Waals surface area contributed by atoms with Gasteiger partial charge in [0.15, 0.2) is 5.78 Å². The minimum absolute atomic E-state index is 0.0310. The molecule has 1 atom stereocenters. The summed E-state index contributed by atoms with van der Waals surface area (Å²) in [6.45, 7) is 4.14. The third kappa shape index (κ3) is 3.27. The topological polar surface area (TPSA) is 37.4 Å². The van der Waals surface area contributed by atoms with Gasteiger partial charge in [-0.1, -0.05) is 67.4 Å². The van der Waals surface area contributed by atoms with Gasteiger partial charge in [-0.2, -0.15) is 0 Å². The largest absolute Gasteiger partial charge is 0.294 e. The van der Waals surface area contributed by atoms with E-state index in [4.69, 9.17) is 23.2 Å². The van der Waals surface area contributed by atoms with Crippen molar-refractivity contribution in [3.63, 3.8) is 0 Å². The van der Waals surface area contributed by atoms with Crippen LogP contribution in [0.15, 0.2) is 59.8 Å². The predicted molar refractivity (Wildman–Crippen MR) is 113 cm³/mol. The molecular weight excluding hydrogens is 393 g/mol. The average molecular weight is 414 g/mol. The van der Waals surface area contributed by atoms with E-state index in [1.807, 2.05) is 42.5 Å². The van der Waals surface area contributed by atoms with Gasteiger partial charge in [-0.15, -0.1) is 0 Å². The van der Waals surface area contributed by atoms with E-state index in [0.717, 1.165) is 16.9 Å². The number of anilines is 1. The number of benzene rings is 2. The molecule has 0 spiro atoms. The first-order chi connectivity index (χ1) is 13.3. The maximum Gasteiger partial charge on any atom is 0.232 e. The van der Waals surface area contributed by atoms with Crippen LogP contribution in [0.2, 0.25) is 10.0 Å². The third-order valence-corrected chi connectivity index (χ3v) is 6.35. The first kappa shape index (κ1) is 19.2. The van der Waals surface area contributed by atoms with Crippen LogP contribution in [0.4, 0.5) is 5.69 Å². The molecule has 2 aromatic carbocycles. The SMILES string of the molecule is CC1(C)CC(=O)C2=C(C1)N(c1ccccc1)C(=O)C[C@H]2c1cccc(Cl)c1Cl. The molecule has 1 heterocycles. The molecule has 0 aromatic heterocycles. The quantitative estimate of drug-likeness (QED) is 0.591. The Bertz CT molecular complexity index is 995. The molecule has 5 heteroatoms. The summed E-state index contributed by atoms with van der Waals surface area (Å²) in [5, 5.41) is 0.849. The first-order valence-electron chi connectivity index (χ1n) is 9.37. The van der Waals surface area contributed by atoms with Gasteiger partial charge in [-0.05, 0) is 35.6 Å². The van der Waals surface area contributed by atoms with Gasteiger partial charge in [-0.25, -0.2) is 0 Å².